The molecule has 0 aromatic carbocycles. The first-order valence-corrected chi connectivity index (χ1v) is 6.98. The molecule has 0 radical (unpaired) electrons. The fourth-order valence-electron chi connectivity index (χ4n) is 2.91. The number of carbonyl (C=O) groups excluding carboxylic acids is 1. The Labute approximate surface area is 107 Å². The lowest BCUT2D eigenvalue weighted by molar-refractivity contribution is -0.128. The van der Waals surface area contributed by atoms with Crippen molar-refractivity contribution in [1.82, 2.24) is 4.90 Å². The molecular weight excluding hydrogens is 210 g/mol. The van der Waals surface area contributed by atoms with Crippen LogP contribution in [0.15, 0.2) is 0 Å². The Kier molecular flexibility index (Phi) is 4.77. The van der Waals surface area contributed by atoms with E-state index in [9.17, 15) is 4.79 Å². The Bertz CT molecular complexity index is 270. The highest BCUT2D eigenvalue weighted by Gasteiger charge is 2.40. The number of hydrogen-bond acceptors (Lipinski definition) is 2. The molecule has 0 heterocycles. The molecule has 1 aliphatic rings. The first kappa shape index (κ1) is 14.7. The molecule has 0 N–H and O–H groups in total. The molecule has 0 amide bonds. The maximum atomic E-state index is 12.2. The summed E-state index contributed by atoms with van der Waals surface area (Å²) < 4.78 is 0. The average Bonchev–Trinajstić information content (AvgIpc) is 2.44. The van der Waals surface area contributed by atoms with Gasteiger partial charge in [-0.05, 0) is 39.2 Å². The minimum absolute atomic E-state index is 0.0766. The van der Waals surface area contributed by atoms with Crippen LogP contribution in [0.4, 0.5) is 0 Å². The zero-order chi connectivity index (χ0) is 13.2. The molecule has 1 saturated carbocycles. The van der Waals surface area contributed by atoms with Crippen LogP contribution in [-0.4, -0.2) is 30.3 Å². The molecule has 0 spiro atoms. The summed E-state index contributed by atoms with van der Waals surface area (Å²) >= 11 is 0. The third-order valence-corrected chi connectivity index (χ3v) is 4.23. The van der Waals surface area contributed by atoms with E-state index in [4.69, 9.17) is 0 Å². The van der Waals surface area contributed by atoms with Gasteiger partial charge in [0.2, 0.25) is 0 Å². The molecule has 2 heteroatoms. The van der Waals surface area contributed by atoms with E-state index in [0.717, 1.165) is 25.3 Å². The Morgan fingerprint density at radius 1 is 1.35 bits per heavy atom. The van der Waals surface area contributed by atoms with Gasteiger partial charge in [-0.25, -0.2) is 0 Å². The maximum absolute atomic E-state index is 12.2. The van der Waals surface area contributed by atoms with Crippen molar-refractivity contribution in [2.75, 3.05) is 13.6 Å². The lowest BCUT2D eigenvalue weighted by atomic mass is 9.89. The van der Waals surface area contributed by atoms with Gasteiger partial charge >= 0.3 is 0 Å². The van der Waals surface area contributed by atoms with E-state index in [1.807, 2.05) is 0 Å². The summed E-state index contributed by atoms with van der Waals surface area (Å²) in [6, 6.07) is 0.575. The second-order valence-corrected chi connectivity index (χ2v) is 6.90. The van der Waals surface area contributed by atoms with E-state index in [1.165, 1.54) is 6.42 Å². The molecule has 0 aromatic rings. The van der Waals surface area contributed by atoms with Crippen LogP contribution in [0, 0.1) is 17.3 Å². The molecule has 0 bridgehead atoms. The molecule has 2 unspecified atom stereocenters. The van der Waals surface area contributed by atoms with Gasteiger partial charge in [0.1, 0.15) is 5.78 Å². The van der Waals surface area contributed by atoms with Crippen molar-refractivity contribution >= 4 is 5.78 Å². The standard InChI is InChI=1S/C15H29NO/c1-11(2)9-12(3)16(6)10-13-7-8-15(4,5)14(13)17/h11-13H,7-10H2,1-6H3. The zero-order valence-electron chi connectivity index (χ0n) is 12.4. The molecule has 1 fully saturated rings. The van der Waals surface area contributed by atoms with Crippen molar-refractivity contribution in [1.29, 1.82) is 0 Å². The predicted octanol–water partition coefficient (Wildman–Crippen LogP) is 3.36. The first-order valence-electron chi connectivity index (χ1n) is 6.98. The lowest BCUT2D eigenvalue weighted by Gasteiger charge is -2.28. The number of ketones is 1. The van der Waals surface area contributed by atoms with Gasteiger partial charge in [-0.3, -0.25) is 4.79 Å². The highest BCUT2D eigenvalue weighted by molar-refractivity contribution is 5.88. The van der Waals surface area contributed by atoms with Crippen LogP contribution in [0.2, 0.25) is 0 Å². The van der Waals surface area contributed by atoms with Crippen molar-refractivity contribution in [3.8, 4) is 0 Å². The van der Waals surface area contributed by atoms with Crippen LogP contribution in [0.3, 0.4) is 0 Å². The minimum Gasteiger partial charge on any atom is -0.303 e. The summed E-state index contributed by atoms with van der Waals surface area (Å²) in [5, 5.41) is 0. The maximum Gasteiger partial charge on any atom is 0.142 e. The number of rotatable bonds is 5. The van der Waals surface area contributed by atoms with Gasteiger partial charge in [-0.1, -0.05) is 27.7 Å². The number of hydrogen-bond donors (Lipinski definition) is 0. The highest BCUT2D eigenvalue weighted by Crippen LogP contribution is 2.37. The second kappa shape index (κ2) is 5.51. The SMILES string of the molecule is CC(C)CC(C)N(C)CC1CCC(C)(C)C1=O. The van der Waals surface area contributed by atoms with Gasteiger partial charge < -0.3 is 4.90 Å². The highest BCUT2D eigenvalue weighted by atomic mass is 16.1. The normalized spacial score (nSPS) is 25.9. The van der Waals surface area contributed by atoms with Gasteiger partial charge in [0.25, 0.3) is 0 Å². The van der Waals surface area contributed by atoms with E-state index in [0.29, 0.717) is 11.8 Å². The smallest absolute Gasteiger partial charge is 0.142 e. The minimum atomic E-state index is -0.0766. The van der Waals surface area contributed by atoms with Crippen molar-refractivity contribution in [2.24, 2.45) is 17.3 Å². The van der Waals surface area contributed by atoms with Gasteiger partial charge in [0, 0.05) is 23.9 Å². The van der Waals surface area contributed by atoms with Gasteiger partial charge in [0.15, 0.2) is 0 Å². The van der Waals surface area contributed by atoms with E-state index >= 15 is 0 Å². The molecule has 2 nitrogen and oxygen atoms in total. The van der Waals surface area contributed by atoms with Gasteiger partial charge in [-0.2, -0.15) is 0 Å². The molecule has 0 saturated heterocycles. The van der Waals surface area contributed by atoms with Crippen molar-refractivity contribution in [3.63, 3.8) is 0 Å². The van der Waals surface area contributed by atoms with Crippen molar-refractivity contribution < 1.29 is 4.79 Å². The summed E-state index contributed by atoms with van der Waals surface area (Å²) in [5.41, 5.74) is -0.0766. The molecule has 1 aliphatic carbocycles. The molecule has 1 rings (SSSR count). The van der Waals surface area contributed by atoms with Crippen LogP contribution in [-0.2, 0) is 4.79 Å². The molecule has 0 aromatic heterocycles. The molecular formula is C15H29NO. The number of carbonyl (C=O) groups is 1. The fourth-order valence-corrected chi connectivity index (χ4v) is 2.91. The summed E-state index contributed by atoms with van der Waals surface area (Å²) in [5.74, 6) is 1.47. The first-order chi connectivity index (χ1) is 7.74. The number of Topliss-reactive ketones (excluding diaryl/α,β-unsaturated/α-hetero) is 1. The van der Waals surface area contributed by atoms with E-state index in [-0.39, 0.29) is 11.3 Å². The van der Waals surface area contributed by atoms with Crippen LogP contribution >= 0.6 is 0 Å². The molecule has 100 valence electrons. The third-order valence-electron chi connectivity index (χ3n) is 4.23. The summed E-state index contributed by atoms with van der Waals surface area (Å²) in [6.07, 6.45) is 3.34. The fraction of sp³-hybridized carbons (Fsp3) is 0.933. The molecule has 17 heavy (non-hydrogen) atoms. The van der Waals surface area contributed by atoms with Crippen molar-refractivity contribution in [2.45, 2.75) is 59.9 Å². The number of nitrogens with zero attached hydrogens (tertiary/aromatic N) is 1. The Morgan fingerprint density at radius 3 is 2.35 bits per heavy atom. The summed E-state index contributed by atoms with van der Waals surface area (Å²) in [6.45, 7) is 11.9. The Morgan fingerprint density at radius 2 is 1.94 bits per heavy atom. The van der Waals surface area contributed by atoms with E-state index < -0.39 is 0 Å². The molecule has 0 aliphatic heterocycles. The lowest BCUT2D eigenvalue weighted by Crippen LogP contribution is -2.37. The topological polar surface area (TPSA) is 20.3 Å². The summed E-state index contributed by atoms with van der Waals surface area (Å²) in [7, 11) is 2.16. The van der Waals surface area contributed by atoms with Crippen LogP contribution in [0.1, 0.15) is 53.9 Å². The molecule has 2 atom stereocenters. The van der Waals surface area contributed by atoms with E-state index in [1.54, 1.807) is 0 Å². The second-order valence-electron chi connectivity index (χ2n) is 6.90. The monoisotopic (exact) mass is 239 g/mol. The largest absolute Gasteiger partial charge is 0.303 e. The zero-order valence-corrected chi connectivity index (χ0v) is 12.4. The van der Waals surface area contributed by atoms with Gasteiger partial charge in [-0.15, -0.1) is 0 Å². The third kappa shape index (κ3) is 3.80. The van der Waals surface area contributed by atoms with Gasteiger partial charge in [0.05, 0.1) is 0 Å². The van der Waals surface area contributed by atoms with Crippen LogP contribution in [0.25, 0.3) is 0 Å². The predicted molar refractivity (Wildman–Crippen MR) is 73.1 cm³/mol. The van der Waals surface area contributed by atoms with Crippen LogP contribution < -0.4 is 0 Å². The Hall–Kier alpha value is -0.370. The van der Waals surface area contributed by atoms with Crippen molar-refractivity contribution in [3.05, 3.63) is 0 Å². The Balaban J connectivity index is 2.47. The van der Waals surface area contributed by atoms with Crippen LogP contribution in [0.5, 0.6) is 0 Å². The summed E-state index contributed by atoms with van der Waals surface area (Å²) in [4.78, 5) is 14.5. The van der Waals surface area contributed by atoms with E-state index in [2.05, 4.69) is 46.6 Å². The average molecular weight is 239 g/mol. The quantitative estimate of drug-likeness (QED) is 0.733.